The largest absolute Gasteiger partial charge is 0.348 e. The van der Waals surface area contributed by atoms with E-state index in [1.165, 1.54) is 0 Å². The topological polar surface area (TPSA) is 63.2 Å². The van der Waals surface area contributed by atoms with Gasteiger partial charge in [-0.3, -0.25) is 4.79 Å². The summed E-state index contributed by atoms with van der Waals surface area (Å²) >= 11 is 9.09. The Morgan fingerprint density at radius 1 is 1.44 bits per heavy atom. The van der Waals surface area contributed by atoms with Crippen LogP contribution in [0.4, 0.5) is 0 Å². The number of carbonyl (C=O) groups is 1. The number of hydrogen-bond acceptors (Lipinski definition) is 3. The molecule has 1 atom stereocenters. The molecule has 0 aromatic heterocycles. The van der Waals surface area contributed by atoms with Gasteiger partial charge in [-0.2, -0.15) is 0 Å². The van der Waals surface area contributed by atoms with Crippen molar-refractivity contribution in [3.63, 3.8) is 0 Å². The molecule has 0 spiro atoms. The quantitative estimate of drug-likeness (QED) is 0.885. The van der Waals surface area contributed by atoms with Gasteiger partial charge in [0.05, 0.1) is 17.1 Å². The highest BCUT2D eigenvalue weighted by molar-refractivity contribution is 9.10. The molecule has 2 rings (SSSR count). The lowest BCUT2D eigenvalue weighted by atomic mass is 10.2. The summed E-state index contributed by atoms with van der Waals surface area (Å²) in [4.78, 5) is 12.0. The van der Waals surface area contributed by atoms with Crippen LogP contribution in [0.1, 0.15) is 16.8 Å². The Morgan fingerprint density at radius 3 is 2.78 bits per heavy atom. The summed E-state index contributed by atoms with van der Waals surface area (Å²) in [7, 11) is -2.99. The maximum atomic E-state index is 12.0. The first kappa shape index (κ1) is 13.8. The second kappa shape index (κ2) is 5.19. The highest BCUT2D eigenvalue weighted by Gasteiger charge is 2.29. The van der Waals surface area contributed by atoms with Gasteiger partial charge in [0.2, 0.25) is 0 Å². The van der Waals surface area contributed by atoms with Crippen molar-refractivity contribution < 1.29 is 13.2 Å². The monoisotopic (exact) mass is 351 g/mol. The van der Waals surface area contributed by atoms with Crippen molar-refractivity contribution in [1.82, 2.24) is 5.32 Å². The minimum absolute atomic E-state index is 0.0108. The molecule has 1 amide bonds. The van der Waals surface area contributed by atoms with Crippen molar-refractivity contribution >= 4 is 43.3 Å². The van der Waals surface area contributed by atoms with Crippen LogP contribution in [0.15, 0.2) is 22.7 Å². The van der Waals surface area contributed by atoms with E-state index in [1.54, 1.807) is 18.2 Å². The molecule has 1 aromatic carbocycles. The third-order valence-corrected chi connectivity index (χ3v) is 5.44. The van der Waals surface area contributed by atoms with Gasteiger partial charge in [-0.1, -0.05) is 11.6 Å². The third-order valence-electron chi connectivity index (χ3n) is 2.74. The molecule has 1 N–H and O–H groups in total. The molecule has 1 fully saturated rings. The zero-order chi connectivity index (χ0) is 13.3. The van der Waals surface area contributed by atoms with E-state index < -0.39 is 9.84 Å². The smallest absolute Gasteiger partial charge is 0.252 e. The first-order valence-electron chi connectivity index (χ1n) is 5.34. The predicted octanol–water partition coefficient (Wildman–Crippen LogP) is 2.02. The van der Waals surface area contributed by atoms with Gasteiger partial charge in [-0.25, -0.2) is 8.42 Å². The maximum Gasteiger partial charge on any atom is 0.252 e. The van der Waals surface area contributed by atoms with Gasteiger partial charge < -0.3 is 5.32 Å². The van der Waals surface area contributed by atoms with Crippen LogP contribution in [0.5, 0.6) is 0 Å². The standard InChI is InChI=1S/C11H11BrClNO3S/c12-10-2-1-7(13)5-9(10)11(15)14-8-3-4-18(16,17)6-8/h1-2,5,8H,3-4,6H2,(H,14,15). The van der Waals surface area contributed by atoms with E-state index in [9.17, 15) is 13.2 Å². The average Bonchev–Trinajstić information content (AvgIpc) is 2.61. The van der Waals surface area contributed by atoms with Gasteiger partial charge in [0, 0.05) is 15.5 Å². The number of amides is 1. The van der Waals surface area contributed by atoms with E-state index in [0.717, 1.165) is 0 Å². The molecule has 18 heavy (non-hydrogen) atoms. The molecule has 0 aliphatic carbocycles. The average molecular weight is 353 g/mol. The van der Waals surface area contributed by atoms with E-state index in [0.29, 0.717) is 21.5 Å². The molecular weight excluding hydrogens is 342 g/mol. The molecule has 0 radical (unpaired) electrons. The number of rotatable bonds is 2. The van der Waals surface area contributed by atoms with Crippen LogP contribution in [-0.2, 0) is 9.84 Å². The van der Waals surface area contributed by atoms with Crippen LogP contribution < -0.4 is 5.32 Å². The minimum Gasteiger partial charge on any atom is -0.348 e. The number of carbonyl (C=O) groups excluding carboxylic acids is 1. The van der Waals surface area contributed by atoms with Gasteiger partial charge in [-0.05, 0) is 40.5 Å². The summed E-state index contributed by atoms with van der Waals surface area (Å²) in [5.74, 6) is -0.169. The minimum atomic E-state index is -2.99. The van der Waals surface area contributed by atoms with Crippen molar-refractivity contribution in [3.8, 4) is 0 Å². The van der Waals surface area contributed by atoms with Crippen molar-refractivity contribution in [2.24, 2.45) is 0 Å². The lowest BCUT2D eigenvalue weighted by molar-refractivity contribution is 0.0940. The van der Waals surface area contributed by atoms with Crippen molar-refractivity contribution in [2.75, 3.05) is 11.5 Å². The van der Waals surface area contributed by atoms with Gasteiger partial charge in [0.1, 0.15) is 0 Å². The van der Waals surface area contributed by atoms with Gasteiger partial charge in [0.15, 0.2) is 9.84 Å². The van der Waals surface area contributed by atoms with Crippen LogP contribution in [0.3, 0.4) is 0 Å². The number of halogens is 2. The lowest BCUT2D eigenvalue weighted by Crippen LogP contribution is -2.35. The maximum absolute atomic E-state index is 12.0. The third kappa shape index (κ3) is 3.24. The second-order valence-electron chi connectivity index (χ2n) is 4.20. The van der Waals surface area contributed by atoms with Crippen molar-refractivity contribution in [2.45, 2.75) is 12.5 Å². The molecule has 98 valence electrons. The summed E-state index contributed by atoms with van der Waals surface area (Å²) in [6, 6.07) is 4.59. The molecule has 1 aliphatic heterocycles. The van der Waals surface area contributed by atoms with Crippen LogP contribution in [0.2, 0.25) is 5.02 Å². The zero-order valence-corrected chi connectivity index (χ0v) is 12.5. The SMILES string of the molecule is O=C(NC1CCS(=O)(=O)C1)c1cc(Cl)ccc1Br. The first-order valence-corrected chi connectivity index (χ1v) is 8.33. The summed E-state index contributed by atoms with van der Waals surface area (Å²) in [5, 5.41) is 3.17. The second-order valence-corrected chi connectivity index (χ2v) is 7.72. The van der Waals surface area contributed by atoms with Crippen LogP contribution in [0.25, 0.3) is 0 Å². The number of benzene rings is 1. The van der Waals surface area contributed by atoms with E-state index >= 15 is 0 Å². The van der Waals surface area contributed by atoms with Crippen LogP contribution in [0, 0.1) is 0 Å². The molecule has 0 bridgehead atoms. The molecule has 1 saturated heterocycles. The molecular formula is C11H11BrClNO3S. The lowest BCUT2D eigenvalue weighted by Gasteiger charge is -2.12. The van der Waals surface area contributed by atoms with Crippen LogP contribution in [-0.4, -0.2) is 31.9 Å². The molecule has 1 heterocycles. The fraction of sp³-hybridized carbons (Fsp3) is 0.364. The molecule has 4 nitrogen and oxygen atoms in total. The molecule has 7 heteroatoms. The number of hydrogen-bond donors (Lipinski definition) is 1. The first-order chi connectivity index (χ1) is 8.37. The van der Waals surface area contributed by atoms with E-state index in [2.05, 4.69) is 21.2 Å². The zero-order valence-electron chi connectivity index (χ0n) is 9.32. The summed E-state index contributed by atoms with van der Waals surface area (Å²) < 4.78 is 23.2. The van der Waals surface area contributed by atoms with Crippen molar-refractivity contribution in [3.05, 3.63) is 33.3 Å². The van der Waals surface area contributed by atoms with E-state index in [4.69, 9.17) is 11.6 Å². The van der Waals surface area contributed by atoms with Gasteiger partial charge >= 0.3 is 0 Å². The molecule has 1 aliphatic rings. The number of sulfone groups is 1. The van der Waals surface area contributed by atoms with Gasteiger partial charge in [-0.15, -0.1) is 0 Å². The molecule has 1 unspecified atom stereocenters. The Bertz CT molecular complexity index is 588. The Morgan fingerprint density at radius 2 is 2.17 bits per heavy atom. The van der Waals surface area contributed by atoms with E-state index in [1.807, 2.05) is 0 Å². The Kier molecular flexibility index (Phi) is 3.99. The molecule has 1 aromatic rings. The van der Waals surface area contributed by atoms with E-state index in [-0.39, 0.29) is 23.5 Å². The Balaban J connectivity index is 2.11. The molecule has 0 saturated carbocycles. The Labute approximate surface area is 119 Å². The normalized spacial score (nSPS) is 21.8. The predicted molar refractivity (Wildman–Crippen MR) is 73.7 cm³/mol. The summed E-state index contributed by atoms with van der Waals surface area (Å²) in [6.07, 6.45) is 0.465. The van der Waals surface area contributed by atoms with Crippen molar-refractivity contribution in [1.29, 1.82) is 0 Å². The summed E-state index contributed by atoms with van der Waals surface area (Å²) in [6.45, 7) is 0. The Hall–Kier alpha value is -0.590. The van der Waals surface area contributed by atoms with Crippen LogP contribution >= 0.6 is 27.5 Å². The summed E-state index contributed by atoms with van der Waals surface area (Å²) in [5.41, 5.74) is 0.409. The fourth-order valence-corrected chi connectivity index (χ4v) is 4.12. The fourth-order valence-electron chi connectivity index (χ4n) is 1.84. The highest BCUT2D eigenvalue weighted by atomic mass is 79.9. The highest BCUT2D eigenvalue weighted by Crippen LogP contribution is 2.21. The van der Waals surface area contributed by atoms with Gasteiger partial charge in [0.25, 0.3) is 5.91 Å². The number of nitrogens with one attached hydrogen (secondary N) is 1.